The normalized spacial score (nSPS) is 22.8. The van der Waals surface area contributed by atoms with Crippen LogP contribution < -0.4 is 39.0 Å². The fourth-order valence-corrected chi connectivity index (χ4v) is 6.57. The summed E-state index contributed by atoms with van der Waals surface area (Å²) in [6, 6.07) is 6.93. The molecule has 2 fully saturated rings. The fourth-order valence-electron chi connectivity index (χ4n) is 6.57. The average molecular weight is 1030 g/mol. The van der Waals surface area contributed by atoms with E-state index in [4.69, 9.17) is 56.8 Å². The molecule has 1 N–H and O–H groups in total. The standard InChI is InChI=1S/C21H25NO13.C21H23NO13.B.Na.H/c2*1-10(24)30-9-17-18(31-11(2)25)19(32-12(3)26)20(33-13(4)27)21(35-17)34-16-6-5-14(8-23)7-15(16)22(28)29;;;/h5-7,17-21,23H,8-9H2,1-4H3;5-8,17-21H,9H2,1-4H3;;;/q;;;+1;-1/t2*17-,18+,19+,20-,21-;;;/m11.../s1. The number of rotatable bonds is 18. The first-order chi connectivity index (χ1) is 32.8. The van der Waals surface area contributed by atoms with Crippen molar-refractivity contribution in [1.82, 2.24) is 0 Å². The number of nitro benzene ring substituents is 2. The van der Waals surface area contributed by atoms with Crippen LogP contribution in [0.5, 0.6) is 11.5 Å². The van der Waals surface area contributed by atoms with Crippen molar-refractivity contribution in [2.75, 3.05) is 13.2 Å². The largest absolute Gasteiger partial charge is 1.00 e. The van der Waals surface area contributed by atoms with E-state index in [0.29, 0.717) is 6.29 Å². The third kappa shape index (κ3) is 19.1. The number of carbonyl (C=O) groups is 9. The van der Waals surface area contributed by atoms with Gasteiger partial charge in [0.05, 0.1) is 16.5 Å². The summed E-state index contributed by atoms with van der Waals surface area (Å²) in [5.41, 5.74) is -0.928. The van der Waals surface area contributed by atoms with Gasteiger partial charge >= 0.3 is 88.7 Å². The van der Waals surface area contributed by atoms with Gasteiger partial charge in [-0.1, -0.05) is 6.07 Å². The SMILES string of the molecule is CC(=O)OC[C@H]1O[C@@H](Oc2ccc(C=O)cc2[N+](=O)[O-])[C@H](OC(C)=O)[C@@H](OC(C)=O)[C@H]1OC(C)=O.CC(=O)OC[C@H]1O[C@@H](Oc2ccc(CO)cc2[N+](=O)[O-])[C@H](OC(C)=O)[C@@H](OC(C)=O)[C@H]1OC(C)=O.[B].[H-].[Na+]. The molecule has 3 radical (unpaired) electrons. The Morgan fingerprint density at radius 2 is 0.889 bits per heavy atom. The quantitative estimate of drug-likeness (QED) is 0.0428. The van der Waals surface area contributed by atoms with Crippen molar-refractivity contribution in [2.45, 2.75) is 123 Å². The Kier molecular flexibility index (Phi) is 25.9. The van der Waals surface area contributed by atoms with Gasteiger partial charge in [0, 0.05) is 81.5 Å². The van der Waals surface area contributed by atoms with E-state index in [1.807, 2.05) is 0 Å². The molecule has 0 amide bonds. The number of hydrogen-bond donors (Lipinski definition) is 1. The Morgan fingerprint density at radius 1 is 0.556 bits per heavy atom. The van der Waals surface area contributed by atoms with E-state index < -0.39 is 150 Å². The van der Waals surface area contributed by atoms with E-state index in [1.54, 1.807) is 0 Å². The maximum atomic E-state index is 11.8. The molecule has 0 spiro atoms. The fraction of sp³-hybridized carbons (Fsp3) is 0.500. The summed E-state index contributed by atoms with van der Waals surface area (Å²) >= 11 is 0. The van der Waals surface area contributed by atoms with Crippen LogP contribution in [0.2, 0.25) is 0 Å². The van der Waals surface area contributed by atoms with Crippen molar-refractivity contribution in [3.8, 4) is 11.5 Å². The number of esters is 8. The monoisotopic (exact) mass is 1030 g/mol. The zero-order valence-electron chi connectivity index (χ0n) is 41.1. The Balaban J connectivity index is 0.00000136. The van der Waals surface area contributed by atoms with Crippen LogP contribution in [0.15, 0.2) is 36.4 Å². The summed E-state index contributed by atoms with van der Waals surface area (Å²) in [6.07, 6.45) is -14.4. The minimum absolute atomic E-state index is 0. The Morgan fingerprint density at radius 3 is 1.21 bits per heavy atom. The number of ether oxygens (including phenoxy) is 12. The van der Waals surface area contributed by atoms with Crippen molar-refractivity contribution >= 4 is 73.8 Å². The van der Waals surface area contributed by atoms with Gasteiger partial charge < -0.3 is 63.4 Å². The summed E-state index contributed by atoms with van der Waals surface area (Å²) in [5, 5.41) is 32.3. The first-order valence-corrected chi connectivity index (χ1v) is 20.4. The molecule has 387 valence electrons. The van der Waals surface area contributed by atoms with Crippen molar-refractivity contribution in [3.05, 3.63) is 67.8 Å². The molecule has 2 aliphatic heterocycles. The predicted octanol–water partition coefficient (Wildman–Crippen LogP) is -1.85. The van der Waals surface area contributed by atoms with Crippen molar-refractivity contribution < 1.29 is 146 Å². The molecule has 2 saturated heterocycles. The molecule has 2 heterocycles. The van der Waals surface area contributed by atoms with E-state index in [-0.39, 0.29) is 62.0 Å². The van der Waals surface area contributed by atoms with Gasteiger partial charge in [-0.25, -0.2) is 0 Å². The van der Waals surface area contributed by atoms with Crippen LogP contribution in [0, 0.1) is 20.2 Å². The van der Waals surface area contributed by atoms with Crippen LogP contribution in [-0.2, 0) is 92.3 Å². The van der Waals surface area contributed by atoms with Gasteiger partial charge in [0.1, 0.15) is 31.7 Å². The van der Waals surface area contributed by atoms with Gasteiger partial charge in [0.2, 0.25) is 24.8 Å². The van der Waals surface area contributed by atoms with E-state index in [0.717, 1.165) is 73.6 Å². The van der Waals surface area contributed by atoms with Gasteiger partial charge in [-0.2, -0.15) is 0 Å². The molecule has 10 atom stereocenters. The van der Waals surface area contributed by atoms with Crippen LogP contribution in [0.4, 0.5) is 11.4 Å². The molecule has 0 aromatic heterocycles. The number of hydrogen-bond acceptors (Lipinski definition) is 26. The molecule has 30 heteroatoms. The summed E-state index contributed by atoms with van der Waals surface area (Å²) in [4.78, 5) is 126. The number of aldehydes is 1. The smallest absolute Gasteiger partial charge is 1.00 e. The predicted molar refractivity (Wildman–Crippen MR) is 230 cm³/mol. The Hall–Kier alpha value is -6.79. The number of carbonyl (C=O) groups excluding carboxylic acids is 9. The minimum atomic E-state index is -1.66. The number of benzene rings is 2. The molecule has 0 saturated carbocycles. The van der Waals surface area contributed by atoms with Crippen molar-refractivity contribution in [1.29, 1.82) is 0 Å². The summed E-state index contributed by atoms with van der Waals surface area (Å²) in [6.45, 7) is 7.11. The van der Waals surface area contributed by atoms with Gasteiger partial charge in [0.25, 0.3) is 0 Å². The molecule has 2 aliphatic rings. The topological polar surface area (TPSA) is 371 Å². The second-order valence-electron chi connectivity index (χ2n) is 14.7. The molecule has 72 heavy (non-hydrogen) atoms. The molecule has 0 bridgehead atoms. The van der Waals surface area contributed by atoms with Gasteiger partial charge in [-0.3, -0.25) is 63.4 Å². The number of aliphatic hydroxyl groups excluding tert-OH is 1. The maximum Gasteiger partial charge on any atom is 1.00 e. The third-order valence-electron chi connectivity index (χ3n) is 9.10. The van der Waals surface area contributed by atoms with Crippen LogP contribution in [0.25, 0.3) is 0 Å². The van der Waals surface area contributed by atoms with Crippen LogP contribution in [-0.4, -0.2) is 152 Å². The van der Waals surface area contributed by atoms with Gasteiger partial charge in [0.15, 0.2) is 35.9 Å². The molecule has 2 aromatic carbocycles. The second-order valence-corrected chi connectivity index (χ2v) is 14.7. The zero-order valence-corrected chi connectivity index (χ0v) is 42.1. The molecule has 0 aliphatic carbocycles. The molecule has 4 rings (SSSR count). The summed E-state index contributed by atoms with van der Waals surface area (Å²) < 4.78 is 64.2. The number of nitrogens with zero attached hydrogens (tertiary/aromatic N) is 2. The molecule has 2 aromatic rings. The van der Waals surface area contributed by atoms with Crippen LogP contribution in [0.1, 0.15) is 72.7 Å². The minimum Gasteiger partial charge on any atom is -1.00 e. The van der Waals surface area contributed by atoms with Crippen molar-refractivity contribution in [3.63, 3.8) is 0 Å². The Labute approximate surface area is 434 Å². The summed E-state index contributed by atoms with van der Waals surface area (Å²) in [7, 11) is 0. The molecule has 28 nitrogen and oxygen atoms in total. The first-order valence-electron chi connectivity index (χ1n) is 20.4. The molecule has 0 unspecified atom stereocenters. The van der Waals surface area contributed by atoms with Gasteiger partial charge in [-0.05, 0) is 23.8 Å². The van der Waals surface area contributed by atoms with Crippen molar-refractivity contribution in [2.24, 2.45) is 0 Å². The van der Waals surface area contributed by atoms with Crippen LogP contribution in [0.3, 0.4) is 0 Å². The Bertz CT molecular complexity index is 2320. The average Bonchev–Trinajstić information content (AvgIpc) is 3.25. The van der Waals surface area contributed by atoms with Crippen LogP contribution >= 0.6 is 0 Å². The van der Waals surface area contributed by atoms with Gasteiger partial charge in [-0.15, -0.1) is 0 Å². The van der Waals surface area contributed by atoms with E-state index in [9.17, 15) is 68.5 Å². The maximum absolute atomic E-state index is 11.8. The third-order valence-corrected chi connectivity index (χ3v) is 9.10. The first kappa shape index (κ1) is 63.2. The zero-order chi connectivity index (χ0) is 52.6. The number of nitro groups is 2. The van der Waals surface area contributed by atoms with E-state index >= 15 is 0 Å². The molecular formula is C42H49BN2NaO26. The number of aliphatic hydroxyl groups is 1. The van der Waals surface area contributed by atoms with E-state index in [2.05, 4.69) is 0 Å². The molecular weight excluding hydrogens is 982 g/mol. The van der Waals surface area contributed by atoms with E-state index in [1.165, 1.54) is 18.2 Å². The summed E-state index contributed by atoms with van der Waals surface area (Å²) in [5.74, 6) is -7.14. The second kappa shape index (κ2) is 29.5.